The summed E-state index contributed by atoms with van der Waals surface area (Å²) >= 11 is 0. The molecule has 5 aliphatic rings. The molecule has 234 valence electrons. The number of pyridine rings is 1. The van der Waals surface area contributed by atoms with Gasteiger partial charge in [0.25, 0.3) is 0 Å². The molecule has 9 nitrogen and oxygen atoms in total. The van der Waals surface area contributed by atoms with E-state index in [0.29, 0.717) is 48.9 Å². The molecule has 0 radical (unpaired) electrons. The van der Waals surface area contributed by atoms with Crippen LogP contribution in [0.25, 0.3) is 32.9 Å². The molecule has 2 aromatic carbocycles. The predicted molar refractivity (Wildman–Crippen MR) is 166 cm³/mol. The third-order valence-corrected chi connectivity index (χ3v) is 10.8. The van der Waals surface area contributed by atoms with E-state index in [9.17, 15) is 9.50 Å². The number of ether oxygens (including phenoxy) is 2. The Morgan fingerprint density at radius 1 is 1.16 bits per heavy atom. The van der Waals surface area contributed by atoms with Gasteiger partial charge in [0.15, 0.2) is 5.82 Å². The summed E-state index contributed by atoms with van der Waals surface area (Å²) in [7, 11) is 0. The van der Waals surface area contributed by atoms with Crippen molar-refractivity contribution in [1.82, 2.24) is 25.2 Å². The van der Waals surface area contributed by atoms with Crippen molar-refractivity contribution in [2.75, 3.05) is 37.7 Å². The second-order valence-electron chi connectivity index (χ2n) is 13.4. The number of nitrogens with zero attached hydrogens (tertiary/aromatic N) is 5. The van der Waals surface area contributed by atoms with E-state index < -0.39 is 17.5 Å². The summed E-state index contributed by atoms with van der Waals surface area (Å²) in [6.45, 7) is 4.63. The van der Waals surface area contributed by atoms with E-state index >= 15 is 4.39 Å². The maximum Gasteiger partial charge on any atom is 0.319 e. The maximum atomic E-state index is 17.0. The summed E-state index contributed by atoms with van der Waals surface area (Å²) < 4.78 is 44.3. The largest absolute Gasteiger partial charge is 0.508 e. The summed E-state index contributed by atoms with van der Waals surface area (Å²) in [6, 6.07) is 9.68. The van der Waals surface area contributed by atoms with Gasteiger partial charge in [-0.1, -0.05) is 25.1 Å². The van der Waals surface area contributed by atoms with E-state index in [1.807, 2.05) is 25.1 Å². The van der Waals surface area contributed by atoms with Crippen LogP contribution in [0.5, 0.6) is 17.6 Å². The number of aromatic hydroxyl groups is 1. The van der Waals surface area contributed by atoms with E-state index in [-0.39, 0.29) is 47.5 Å². The lowest BCUT2D eigenvalue weighted by molar-refractivity contribution is 0.107. The lowest BCUT2D eigenvalue weighted by Gasteiger charge is -2.40. The monoisotopic (exact) mass is 614 g/mol. The van der Waals surface area contributed by atoms with Crippen molar-refractivity contribution in [1.29, 1.82) is 0 Å². The van der Waals surface area contributed by atoms with Gasteiger partial charge in [-0.05, 0) is 67.1 Å². The number of alkyl halides is 1. The number of hydrogen-bond donors (Lipinski definition) is 2. The minimum absolute atomic E-state index is 0.0187. The Bertz CT molecular complexity index is 1860. The van der Waals surface area contributed by atoms with Gasteiger partial charge in [0.2, 0.25) is 5.88 Å². The van der Waals surface area contributed by atoms with Crippen molar-refractivity contribution in [2.24, 2.45) is 0 Å². The number of aryl methyl sites for hydroxylation is 1. The van der Waals surface area contributed by atoms with Crippen LogP contribution >= 0.6 is 0 Å². The van der Waals surface area contributed by atoms with Gasteiger partial charge < -0.3 is 24.8 Å². The van der Waals surface area contributed by atoms with Crippen LogP contribution in [0.1, 0.15) is 44.6 Å². The molecule has 0 unspecified atom stereocenters. The predicted octanol–water partition coefficient (Wildman–Crippen LogP) is 4.91. The van der Waals surface area contributed by atoms with Gasteiger partial charge in [-0.25, -0.2) is 13.8 Å². The second-order valence-corrected chi connectivity index (χ2v) is 13.4. The Labute approximate surface area is 259 Å². The zero-order valence-corrected chi connectivity index (χ0v) is 25.2. The van der Waals surface area contributed by atoms with Crippen molar-refractivity contribution in [3.8, 4) is 28.9 Å². The van der Waals surface area contributed by atoms with Gasteiger partial charge in [0, 0.05) is 37.2 Å². The van der Waals surface area contributed by atoms with Gasteiger partial charge in [-0.3, -0.25) is 4.90 Å². The second kappa shape index (κ2) is 10.1. The van der Waals surface area contributed by atoms with Gasteiger partial charge in [-0.2, -0.15) is 9.97 Å². The average Bonchev–Trinajstić information content (AvgIpc) is 3.67. The van der Waals surface area contributed by atoms with Crippen molar-refractivity contribution in [3.05, 3.63) is 41.7 Å². The Balaban J connectivity index is 1.24. The first-order valence-electron chi connectivity index (χ1n) is 16.2. The van der Waals surface area contributed by atoms with Crippen LogP contribution in [0.2, 0.25) is 0 Å². The van der Waals surface area contributed by atoms with Crippen LogP contribution in [0, 0.1) is 5.82 Å². The third kappa shape index (κ3) is 4.19. The van der Waals surface area contributed by atoms with Crippen molar-refractivity contribution >= 4 is 27.5 Å². The van der Waals surface area contributed by atoms with Crippen molar-refractivity contribution in [2.45, 2.75) is 75.3 Å². The Hall–Kier alpha value is -3.83. The molecular weight excluding hydrogens is 578 g/mol. The number of phenolic OH excluding ortho intramolecular Hbond substituents is 1. The SMILES string of the molecule is CCc1cccc2cc(O)cc(-c3nc4c5c(nc(OC[C@@]67CCCN6C[C@H](F)C7)nc5c3F)N3C[C@H]5CC[C@H](N5)[C@@H]3CO4)c12. The van der Waals surface area contributed by atoms with E-state index in [1.54, 1.807) is 12.1 Å². The molecule has 0 amide bonds. The highest BCUT2D eigenvalue weighted by Gasteiger charge is 2.50. The number of hydrogen-bond acceptors (Lipinski definition) is 9. The number of fused-ring (bicyclic) bond motifs is 7. The number of benzene rings is 2. The molecule has 4 aromatic rings. The van der Waals surface area contributed by atoms with Crippen LogP contribution < -0.4 is 19.7 Å². The molecule has 0 saturated carbocycles. The molecule has 4 fully saturated rings. The first-order valence-corrected chi connectivity index (χ1v) is 16.2. The number of aromatic nitrogens is 3. The van der Waals surface area contributed by atoms with E-state index in [1.165, 1.54) is 0 Å². The smallest absolute Gasteiger partial charge is 0.319 e. The Kier molecular flexibility index (Phi) is 6.16. The highest BCUT2D eigenvalue weighted by molar-refractivity contribution is 6.03. The molecule has 2 N–H and O–H groups in total. The highest BCUT2D eigenvalue weighted by atomic mass is 19.1. The maximum absolute atomic E-state index is 17.0. The quantitative estimate of drug-likeness (QED) is 0.325. The van der Waals surface area contributed by atoms with Crippen molar-refractivity contribution < 1.29 is 23.4 Å². The molecular formula is C34H36F2N6O3. The van der Waals surface area contributed by atoms with Gasteiger partial charge in [-0.15, -0.1) is 0 Å². The van der Waals surface area contributed by atoms with Crippen LogP contribution in [-0.2, 0) is 6.42 Å². The fourth-order valence-electron chi connectivity index (χ4n) is 8.78. The number of halogens is 2. The summed E-state index contributed by atoms with van der Waals surface area (Å²) in [4.78, 5) is 18.8. The Morgan fingerprint density at radius 3 is 2.96 bits per heavy atom. The summed E-state index contributed by atoms with van der Waals surface area (Å²) in [5.41, 5.74) is 1.24. The van der Waals surface area contributed by atoms with Gasteiger partial charge in [0.05, 0.1) is 11.6 Å². The topological polar surface area (TPSA) is 95.9 Å². The molecule has 45 heavy (non-hydrogen) atoms. The average molecular weight is 615 g/mol. The van der Waals surface area contributed by atoms with Crippen LogP contribution in [0.15, 0.2) is 30.3 Å². The van der Waals surface area contributed by atoms with Gasteiger partial charge >= 0.3 is 6.01 Å². The number of phenols is 1. The van der Waals surface area contributed by atoms with Crippen LogP contribution in [-0.4, -0.2) is 87.6 Å². The summed E-state index contributed by atoms with van der Waals surface area (Å²) in [6.07, 6.45) is 4.18. The number of rotatable bonds is 5. The fourth-order valence-corrected chi connectivity index (χ4v) is 8.78. The molecule has 11 heteroatoms. The molecule has 9 rings (SSSR count). The fraction of sp³-hybridized carbons (Fsp3) is 0.500. The molecule has 5 aliphatic heterocycles. The van der Waals surface area contributed by atoms with Crippen LogP contribution in [0.3, 0.4) is 0 Å². The van der Waals surface area contributed by atoms with E-state index in [2.05, 4.69) is 20.1 Å². The lowest BCUT2D eigenvalue weighted by Crippen LogP contribution is -2.60. The van der Waals surface area contributed by atoms with Gasteiger partial charge in [0.1, 0.15) is 47.5 Å². The normalized spacial score (nSPS) is 28.7. The zero-order valence-electron chi connectivity index (χ0n) is 25.2. The van der Waals surface area contributed by atoms with Crippen molar-refractivity contribution in [3.63, 3.8) is 0 Å². The highest BCUT2D eigenvalue weighted by Crippen LogP contribution is 2.45. The molecule has 2 aromatic heterocycles. The molecule has 0 spiro atoms. The number of anilines is 1. The molecule has 0 aliphatic carbocycles. The molecule has 4 saturated heterocycles. The molecule has 7 heterocycles. The standard InChI is InChI=1S/C34H36F2N6O3/c1-2-18-5-3-6-19-11-22(43)12-23(26(18)19)29-28(36)30-27-31(42-15-21-7-8-24(37-21)25(42)16-44-32(27)38-29)40-33(39-30)45-17-34-9-4-10-41(34)14-20(35)13-34/h3,5-6,11-12,20-21,24-25,37,43H,2,4,7-10,13-17H2,1H3/t20-,21-,24+,25+,34+/m1/s1. The Morgan fingerprint density at radius 2 is 2.07 bits per heavy atom. The summed E-state index contributed by atoms with van der Waals surface area (Å²) in [5, 5.41) is 16.5. The number of piperazine rings is 1. The van der Waals surface area contributed by atoms with E-state index in [4.69, 9.17) is 19.4 Å². The molecule has 2 bridgehead atoms. The number of nitrogens with one attached hydrogen (secondary N) is 1. The van der Waals surface area contributed by atoms with E-state index in [0.717, 1.165) is 55.0 Å². The molecule has 5 atom stereocenters. The third-order valence-electron chi connectivity index (χ3n) is 10.8. The lowest BCUT2D eigenvalue weighted by atomic mass is 9.95. The minimum Gasteiger partial charge on any atom is -0.508 e. The zero-order chi connectivity index (χ0) is 30.4. The summed E-state index contributed by atoms with van der Waals surface area (Å²) in [5.74, 6) is 0.240. The first kappa shape index (κ1) is 27.5. The minimum atomic E-state index is -0.885. The first-order chi connectivity index (χ1) is 21.9. The van der Waals surface area contributed by atoms with Crippen LogP contribution in [0.4, 0.5) is 14.6 Å².